The third-order valence-electron chi connectivity index (χ3n) is 2.71. The number of nitrogens with two attached hydrogens (primary N) is 1. The van der Waals surface area contributed by atoms with Crippen LogP contribution < -0.4 is 10.5 Å². The fraction of sp³-hybridized carbons (Fsp3) is 0.143. The molecule has 1 aromatic carbocycles. The van der Waals surface area contributed by atoms with Gasteiger partial charge in [0.1, 0.15) is 11.5 Å². The molecule has 0 spiro atoms. The first-order valence-electron chi connectivity index (χ1n) is 5.71. The zero-order valence-corrected chi connectivity index (χ0v) is 10.7. The number of hydrogen-bond donors (Lipinski definition) is 2. The molecule has 0 unspecified atom stereocenters. The topological polar surface area (TPSA) is 85.4 Å². The SMILES string of the molecule is Cc1ccc(Oc2cc(C)c(N)c(C(=O)O)c2)cn1. The molecule has 2 aromatic rings. The van der Waals surface area contributed by atoms with Gasteiger partial charge in [0.25, 0.3) is 0 Å². The highest BCUT2D eigenvalue weighted by molar-refractivity contribution is 5.95. The molecule has 19 heavy (non-hydrogen) atoms. The molecular formula is C14H14N2O3. The standard InChI is InChI=1S/C14H14N2O3/c1-8-5-11(6-12(13(8)15)14(17)18)19-10-4-3-9(2)16-7-10/h3-7H,15H2,1-2H3,(H,17,18). The molecule has 0 saturated carbocycles. The van der Waals surface area contributed by atoms with Gasteiger partial charge in [0.15, 0.2) is 0 Å². The van der Waals surface area contributed by atoms with Gasteiger partial charge in [0.05, 0.1) is 11.8 Å². The number of benzene rings is 1. The van der Waals surface area contributed by atoms with Crippen molar-refractivity contribution in [3.8, 4) is 11.5 Å². The fourth-order valence-electron chi connectivity index (χ4n) is 1.65. The van der Waals surface area contributed by atoms with Crippen molar-refractivity contribution in [1.29, 1.82) is 0 Å². The van der Waals surface area contributed by atoms with E-state index >= 15 is 0 Å². The van der Waals surface area contributed by atoms with Gasteiger partial charge in [-0.15, -0.1) is 0 Å². The molecule has 3 N–H and O–H groups in total. The van der Waals surface area contributed by atoms with Gasteiger partial charge in [-0.25, -0.2) is 4.79 Å². The van der Waals surface area contributed by atoms with E-state index in [9.17, 15) is 4.79 Å². The number of anilines is 1. The second-order valence-corrected chi connectivity index (χ2v) is 4.24. The zero-order valence-electron chi connectivity index (χ0n) is 10.7. The van der Waals surface area contributed by atoms with Crippen molar-refractivity contribution in [2.75, 3.05) is 5.73 Å². The van der Waals surface area contributed by atoms with E-state index in [0.29, 0.717) is 17.1 Å². The van der Waals surface area contributed by atoms with Gasteiger partial charge in [-0.1, -0.05) is 0 Å². The van der Waals surface area contributed by atoms with E-state index in [0.717, 1.165) is 5.69 Å². The number of carbonyl (C=O) groups is 1. The summed E-state index contributed by atoms with van der Waals surface area (Å²) < 4.78 is 5.58. The Balaban J connectivity index is 2.35. The second-order valence-electron chi connectivity index (χ2n) is 4.24. The van der Waals surface area contributed by atoms with E-state index in [2.05, 4.69) is 4.98 Å². The Morgan fingerprint density at radius 3 is 2.58 bits per heavy atom. The molecule has 5 heteroatoms. The van der Waals surface area contributed by atoms with Crippen LogP contribution in [0.5, 0.6) is 11.5 Å². The molecule has 0 aliphatic heterocycles. The van der Waals surface area contributed by atoms with Crippen LogP contribution in [0, 0.1) is 13.8 Å². The van der Waals surface area contributed by atoms with Gasteiger partial charge in [0, 0.05) is 11.4 Å². The monoisotopic (exact) mass is 258 g/mol. The summed E-state index contributed by atoms with van der Waals surface area (Å²) in [5, 5.41) is 9.07. The van der Waals surface area contributed by atoms with Crippen molar-refractivity contribution in [3.05, 3.63) is 47.3 Å². The van der Waals surface area contributed by atoms with E-state index in [1.54, 1.807) is 25.3 Å². The zero-order chi connectivity index (χ0) is 14.0. The van der Waals surface area contributed by atoms with E-state index in [-0.39, 0.29) is 11.3 Å². The van der Waals surface area contributed by atoms with Crippen LogP contribution in [-0.4, -0.2) is 16.1 Å². The maximum atomic E-state index is 11.1. The number of aromatic carboxylic acids is 1. The van der Waals surface area contributed by atoms with Gasteiger partial charge in [-0.3, -0.25) is 4.98 Å². The summed E-state index contributed by atoms with van der Waals surface area (Å²) in [6.45, 7) is 3.61. The highest BCUT2D eigenvalue weighted by Crippen LogP contribution is 2.28. The minimum absolute atomic E-state index is 0.0371. The molecule has 0 bridgehead atoms. The van der Waals surface area contributed by atoms with Gasteiger partial charge >= 0.3 is 5.97 Å². The van der Waals surface area contributed by atoms with Crippen LogP contribution >= 0.6 is 0 Å². The number of rotatable bonds is 3. The molecule has 1 aromatic heterocycles. The van der Waals surface area contributed by atoms with Gasteiger partial charge < -0.3 is 15.6 Å². The first kappa shape index (κ1) is 12.9. The summed E-state index contributed by atoms with van der Waals surface area (Å²) in [6.07, 6.45) is 1.58. The molecule has 0 radical (unpaired) electrons. The number of ether oxygens (including phenoxy) is 1. The minimum atomic E-state index is -1.08. The Morgan fingerprint density at radius 1 is 1.26 bits per heavy atom. The molecule has 0 saturated heterocycles. The van der Waals surface area contributed by atoms with E-state index in [4.69, 9.17) is 15.6 Å². The number of pyridine rings is 1. The van der Waals surface area contributed by atoms with Gasteiger partial charge in [-0.2, -0.15) is 0 Å². The highest BCUT2D eigenvalue weighted by Gasteiger charge is 2.12. The molecule has 5 nitrogen and oxygen atoms in total. The first-order chi connectivity index (χ1) is 8.97. The summed E-state index contributed by atoms with van der Waals surface area (Å²) in [6, 6.07) is 6.69. The highest BCUT2D eigenvalue weighted by atomic mass is 16.5. The molecule has 2 rings (SSSR count). The van der Waals surface area contributed by atoms with E-state index in [1.807, 2.05) is 13.0 Å². The van der Waals surface area contributed by atoms with E-state index in [1.165, 1.54) is 6.07 Å². The molecule has 0 aliphatic carbocycles. The quantitative estimate of drug-likeness (QED) is 0.827. The number of aromatic nitrogens is 1. The maximum absolute atomic E-state index is 11.1. The summed E-state index contributed by atoms with van der Waals surface area (Å²) in [4.78, 5) is 15.2. The molecule has 0 atom stereocenters. The van der Waals surface area contributed by atoms with E-state index < -0.39 is 5.97 Å². The Morgan fingerprint density at radius 2 is 2.00 bits per heavy atom. The largest absolute Gasteiger partial charge is 0.478 e. The average Bonchev–Trinajstić information content (AvgIpc) is 2.36. The van der Waals surface area contributed by atoms with Crippen molar-refractivity contribution in [2.45, 2.75) is 13.8 Å². The average molecular weight is 258 g/mol. The van der Waals surface area contributed by atoms with Crippen molar-refractivity contribution in [1.82, 2.24) is 4.98 Å². The van der Waals surface area contributed by atoms with Crippen LogP contribution in [0.1, 0.15) is 21.6 Å². The number of nitrogens with zero attached hydrogens (tertiary/aromatic N) is 1. The summed E-state index contributed by atoms with van der Waals surface area (Å²) >= 11 is 0. The predicted octanol–water partition coefficient (Wildman–Crippen LogP) is 2.77. The van der Waals surface area contributed by atoms with Crippen LogP contribution in [0.2, 0.25) is 0 Å². The normalized spacial score (nSPS) is 10.2. The van der Waals surface area contributed by atoms with Crippen molar-refractivity contribution < 1.29 is 14.6 Å². The number of aryl methyl sites for hydroxylation is 2. The van der Waals surface area contributed by atoms with Crippen LogP contribution in [0.25, 0.3) is 0 Å². The lowest BCUT2D eigenvalue weighted by Gasteiger charge is -2.10. The number of carboxylic acid groups (broad SMARTS) is 1. The first-order valence-corrected chi connectivity index (χ1v) is 5.71. The predicted molar refractivity (Wildman–Crippen MR) is 71.6 cm³/mol. The fourth-order valence-corrected chi connectivity index (χ4v) is 1.65. The molecule has 0 amide bonds. The molecule has 98 valence electrons. The van der Waals surface area contributed by atoms with Crippen LogP contribution in [-0.2, 0) is 0 Å². The van der Waals surface area contributed by atoms with Gasteiger partial charge in [0.2, 0.25) is 0 Å². The summed E-state index contributed by atoms with van der Waals surface area (Å²) in [5.74, 6) is -0.103. The third kappa shape index (κ3) is 2.82. The van der Waals surface area contributed by atoms with Crippen LogP contribution in [0.4, 0.5) is 5.69 Å². The Kier molecular flexibility index (Phi) is 3.37. The smallest absolute Gasteiger partial charge is 0.337 e. The Labute approximate surface area is 110 Å². The maximum Gasteiger partial charge on any atom is 0.337 e. The molecule has 0 aliphatic rings. The van der Waals surface area contributed by atoms with Crippen molar-refractivity contribution in [3.63, 3.8) is 0 Å². The molecule has 1 heterocycles. The van der Waals surface area contributed by atoms with Crippen molar-refractivity contribution >= 4 is 11.7 Å². The van der Waals surface area contributed by atoms with Crippen LogP contribution in [0.3, 0.4) is 0 Å². The third-order valence-corrected chi connectivity index (χ3v) is 2.71. The molecular weight excluding hydrogens is 244 g/mol. The summed E-state index contributed by atoms with van der Waals surface area (Å²) in [7, 11) is 0. The van der Waals surface area contributed by atoms with Gasteiger partial charge in [-0.05, 0) is 43.7 Å². The minimum Gasteiger partial charge on any atom is -0.478 e. The summed E-state index contributed by atoms with van der Waals surface area (Å²) in [5.41, 5.74) is 7.55. The Bertz CT molecular complexity index is 621. The lowest BCUT2D eigenvalue weighted by atomic mass is 10.1. The molecule has 0 fully saturated rings. The Hall–Kier alpha value is -2.56. The van der Waals surface area contributed by atoms with Crippen molar-refractivity contribution in [2.24, 2.45) is 0 Å². The van der Waals surface area contributed by atoms with Crippen LogP contribution in [0.15, 0.2) is 30.5 Å². The number of nitrogen functional groups attached to an aromatic ring is 1. The second kappa shape index (κ2) is 4.97. The number of carboxylic acids is 1. The lowest BCUT2D eigenvalue weighted by Crippen LogP contribution is -2.04. The lowest BCUT2D eigenvalue weighted by molar-refractivity contribution is 0.0697. The number of hydrogen-bond acceptors (Lipinski definition) is 4.